The number of carboxylic acids is 1. The normalized spacial score (nSPS) is 18.6. The number of ether oxygens (including phenoxy) is 2. The van der Waals surface area contributed by atoms with Gasteiger partial charge in [0.15, 0.2) is 0 Å². The molecule has 29 heavy (non-hydrogen) atoms. The third kappa shape index (κ3) is 6.66. The van der Waals surface area contributed by atoms with Gasteiger partial charge < -0.3 is 24.8 Å². The van der Waals surface area contributed by atoms with Gasteiger partial charge >= 0.3 is 18.2 Å². The summed E-state index contributed by atoms with van der Waals surface area (Å²) in [5.41, 5.74) is -1.05. The van der Waals surface area contributed by atoms with Crippen molar-refractivity contribution in [2.75, 3.05) is 6.54 Å². The Labute approximate surface area is 171 Å². The molecule has 0 saturated carbocycles. The number of carbonyl (C=O) groups is 3. The second-order valence-corrected chi connectivity index (χ2v) is 8.51. The highest BCUT2D eigenvalue weighted by molar-refractivity contribution is 5.74. The number of carbonyl (C=O) groups excluding carboxylic acids is 2. The van der Waals surface area contributed by atoms with Gasteiger partial charge in [0.05, 0.1) is 18.0 Å². The van der Waals surface area contributed by atoms with Crippen LogP contribution in [0.15, 0.2) is 30.3 Å². The zero-order chi connectivity index (χ0) is 21.7. The monoisotopic (exact) mass is 406 g/mol. The van der Waals surface area contributed by atoms with Gasteiger partial charge in [0.1, 0.15) is 12.2 Å². The van der Waals surface area contributed by atoms with Gasteiger partial charge in [-0.25, -0.2) is 9.59 Å². The maximum Gasteiger partial charge on any atom is 0.410 e. The second kappa shape index (κ2) is 9.15. The van der Waals surface area contributed by atoms with E-state index in [-0.39, 0.29) is 13.0 Å². The highest BCUT2D eigenvalue weighted by Gasteiger charge is 2.46. The topological polar surface area (TPSA) is 105 Å². The van der Waals surface area contributed by atoms with Crippen LogP contribution in [0, 0.1) is 0 Å². The number of alkyl carbamates (subject to hydrolysis) is 1. The first-order valence-electron chi connectivity index (χ1n) is 9.70. The summed E-state index contributed by atoms with van der Waals surface area (Å²) in [4.78, 5) is 38.0. The van der Waals surface area contributed by atoms with E-state index < -0.39 is 35.3 Å². The Kier molecular flexibility index (Phi) is 7.11. The molecule has 160 valence electrons. The van der Waals surface area contributed by atoms with E-state index in [1.165, 1.54) is 4.90 Å². The van der Waals surface area contributed by atoms with Gasteiger partial charge in [0.2, 0.25) is 0 Å². The molecule has 0 aromatic heterocycles. The molecule has 1 heterocycles. The van der Waals surface area contributed by atoms with Gasteiger partial charge in [0.25, 0.3) is 0 Å². The van der Waals surface area contributed by atoms with Crippen LogP contribution in [0.2, 0.25) is 0 Å². The first-order valence-corrected chi connectivity index (χ1v) is 9.70. The summed E-state index contributed by atoms with van der Waals surface area (Å²) < 4.78 is 10.7. The third-order valence-electron chi connectivity index (χ3n) is 4.74. The Morgan fingerprint density at radius 2 is 1.83 bits per heavy atom. The molecule has 0 radical (unpaired) electrons. The number of likely N-dealkylation sites (tertiary alicyclic amines) is 1. The number of carboxylic acid groups (broad SMARTS) is 1. The molecule has 1 aromatic carbocycles. The largest absolute Gasteiger partial charge is 0.481 e. The van der Waals surface area contributed by atoms with E-state index in [1.54, 1.807) is 27.7 Å². The number of nitrogens with one attached hydrogen (secondary N) is 1. The number of amides is 2. The highest BCUT2D eigenvalue weighted by atomic mass is 16.6. The lowest BCUT2D eigenvalue weighted by atomic mass is 9.87. The average molecular weight is 406 g/mol. The van der Waals surface area contributed by atoms with E-state index in [4.69, 9.17) is 9.47 Å². The Bertz CT molecular complexity index is 730. The summed E-state index contributed by atoms with van der Waals surface area (Å²) in [6.45, 7) is 7.44. The first-order chi connectivity index (χ1) is 13.5. The number of hydrogen-bond donors (Lipinski definition) is 2. The molecule has 0 bridgehead atoms. The van der Waals surface area contributed by atoms with Crippen LogP contribution >= 0.6 is 0 Å². The number of rotatable bonds is 6. The molecule has 1 saturated heterocycles. The van der Waals surface area contributed by atoms with Crippen LogP contribution in [0.1, 0.15) is 52.5 Å². The zero-order valence-electron chi connectivity index (χ0n) is 17.4. The molecule has 2 rings (SSSR count). The molecule has 1 aliphatic heterocycles. The fourth-order valence-electron chi connectivity index (χ4n) is 3.52. The van der Waals surface area contributed by atoms with E-state index >= 15 is 0 Å². The summed E-state index contributed by atoms with van der Waals surface area (Å²) in [6.07, 6.45) is -0.344. The highest BCUT2D eigenvalue weighted by Crippen LogP contribution is 2.31. The Morgan fingerprint density at radius 3 is 2.41 bits per heavy atom. The maximum atomic E-state index is 12.6. The number of benzene rings is 1. The quantitative estimate of drug-likeness (QED) is 0.749. The molecule has 0 aliphatic carbocycles. The van der Waals surface area contributed by atoms with Gasteiger partial charge in [-0.05, 0) is 46.1 Å². The van der Waals surface area contributed by atoms with Gasteiger partial charge in [-0.3, -0.25) is 4.79 Å². The Hall–Kier alpha value is -2.77. The molecule has 1 aromatic rings. The van der Waals surface area contributed by atoms with E-state index in [2.05, 4.69) is 5.32 Å². The van der Waals surface area contributed by atoms with Crippen LogP contribution in [0.3, 0.4) is 0 Å². The molecule has 0 spiro atoms. The van der Waals surface area contributed by atoms with Crippen molar-refractivity contribution in [1.82, 2.24) is 10.2 Å². The van der Waals surface area contributed by atoms with Crippen LogP contribution in [0.4, 0.5) is 9.59 Å². The van der Waals surface area contributed by atoms with E-state index in [9.17, 15) is 19.5 Å². The lowest BCUT2D eigenvalue weighted by Crippen LogP contribution is -2.61. The molecule has 2 atom stereocenters. The minimum Gasteiger partial charge on any atom is -0.481 e. The molecular formula is C21H30N2O6. The van der Waals surface area contributed by atoms with Crippen molar-refractivity contribution in [2.45, 2.75) is 70.7 Å². The Balaban J connectivity index is 2.11. The molecule has 8 nitrogen and oxygen atoms in total. The number of nitrogens with zero attached hydrogens (tertiary/aromatic N) is 1. The van der Waals surface area contributed by atoms with Crippen LogP contribution in [-0.2, 0) is 20.9 Å². The minimum absolute atomic E-state index is 0.0657. The van der Waals surface area contributed by atoms with Gasteiger partial charge in [-0.15, -0.1) is 0 Å². The van der Waals surface area contributed by atoms with Crippen molar-refractivity contribution in [2.24, 2.45) is 0 Å². The molecule has 2 amide bonds. The molecule has 1 aliphatic rings. The van der Waals surface area contributed by atoms with Crippen molar-refractivity contribution in [3.63, 3.8) is 0 Å². The van der Waals surface area contributed by atoms with Crippen LogP contribution < -0.4 is 5.32 Å². The fourth-order valence-corrected chi connectivity index (χ4v) is 3.52. The molecular weight excluding hydrogens is 376 g/mol. The SMILES string of the molecule is CC(C)(C)OC(=O)N1CCCC1C(C)(CC(=O)O)NC(=O)OCc1ccccc1. The van der Waals surface area contributed by atoms with E-state index in [0.29, 0.717) is 19.4 Å². The standard InChI is InChI=1S/C21H30N2O6/c1-20(2,3)29-19(27)23-12-8-11-16(23)21(4,13-17(24)25)22-18(26)28-14-15-9-6-5-7-10-15/h5-7,9-10,16H,8,11-14H2,1-4H3,(H,22,26)(H,24,25). The minimum atomic E-state index is -1.20. The molecule has 8 heteroatoms. The summed E-state index contributed by atoms with van der Waals surface area (Å²) in [6, 6.07) is 8.66. The number of aliphatic carboxylic acids is 1. The van der Waals surface area contributed by atoms with Crippen LogP contribution in [0.25, 0.3) is 0 Å². The predicted molar refractivity (Wildman–Crippen MR) is 106 cm³/mol. The van der Waals surface area contributed by atoms with E-state index in [1.807, 2.05) is 30.3 Å². The summed E-state index contributed by atoms with van der Waals surface area (Å²) >= 11 is 0. The number of hydrogen-bond acceptors (Lipinski definition) is 5. The molecule has 1 fully saturated rings. The average Bonchev–Trinajstić information content (AvgIpc) is 3.09. The molecule has 2 N–H and O–H groups in total. The van der Waals surface area contributed by atoms with Crippen molar-refractivity contribution < 1.29 is 29.0 Å². The third-order valence-corrected chi connectivity index (χ3v) is 4.74. The van der Waals surface area contributed by atoms with Crippen molar-refractivity contribution in [3.8, 4) is 0 Å². The van der Waals surface area contributed by atoms with E-state index in [0.717, 1.165) is 5.56 Å². The van der Waals surface area contributed by atoms with Crippen molar-refractivity contribution in [1.29, 1.82) is 0 Å². The van der Waals surface area contributed by atoms with Crippen molar-refractivity contribution in [3.05, 3.63) is 35.9 Å². The summed E-state index contributed by atoms with van der Waals surface area (Å²) in [7, 11) is 0. The summed E-state index contributed by atoms with van der Waals surface area (Å²) in [5, 5.41) is 12.1. The molecule has 2 unspecified atom stereocenters. The van der Waals surface area contributed by atoms with Crippen LogP contribution in [-0.4, -0.2) is 51.9 Å². The summed E-state index contributed by atoms with van der Waals surface area (Å²) in [5.74, 6) is -1.08. The maximum absolute atomic E-state index is 12.6. The smallest absolute Gasteiger partial charge is 0.410 e. The lowest BCUT2D eigenvalue weighted by molar-refractivity contribution is -0.139. The lowest BCUT2D eigenvalue weighted by Gasteiger charge is -2.40. The first kappa shape index (κ1) is 22.5. The predicted octanol–water partition coefficient (Wildman–Crippen LogP) is 3.55. The van der Waals surface area contributed by atoms with Crippen LogP contribution in [0.5, 0.6) is 0 Å². The Morgan fingerprint density at radius 1 is 1.17 bits per heavy atom. The van der Waals surface area contributed by atoms with Gasteiger partial charge in [-0.2, -0.15) is 0 Å². The fraction of sp³-hybridized carbons (Fsp3) is 0.571. The zero-order valence-corrected chi connectivity index (χ0v) is 17.4. The van der Waals surface area contributed by atoms with Gasteiger partial charge in [0, 0.05) is 6.54 Å². The van der Waals surface area contributed by atoms with Crippen molar-refractivity contribution >= 4 is 18.2 Å². The second-order valence-electron chi connectivity index (χ2n) is 8.51. The van der Waals surface area contributed by atoms with Gasteiger partial charge in [-0.1, -0.05) is 30.3 Å².